The predicted octanol–water partition coefficient (Wildman–Crippen LogP) is 2.97. The summed E-state index contributed by atoms with van der Waals surface area (Å²) in [6, 6.07) is 8.72. The lowest BCUT2D eigenvalue weighted by atomic mass is 9.91. The Bertz CT molecular complexity index is 649. The predicted molar refractivity (Wildman–Crippen MR) is 84.0 cm³/mol. The van der Waals surface area contributed by atoms with Crippen molar-refractivity contribution in [1.29, 1.82) is 0 Å². The summed E-state index contributed by atoms with van der Waals surface area (Å²) in [4.78, 5) is 10.7. The van der Waals surface area contributed by atoms with Crippen LogP contribution in [0.2, 0.25) is 0 Å². The Morgan fingerprint density at radius 1 is 1.22 bits per heavy atom. The van der Waals surface area contributed by atoms with Crippen molar-refractivity contribution in [2.45, 2.75) is 31.6 Å². The smallest absolute Gasteiger partial charge is 0.123 e. The lowest BCUT2D eigenvalue weighted by molar-refractivity contribution is -0.0106. The average Bonchev–Trinajstić information content (AvgIpc) is 3.01. The first-order chi connectivity index (χ1) is 11.3. The van der Waals surface area contributed by atoms with Gasteiger partial charge in [-0.3, -0.25) is 4.90 Å². The second-order valence-corrected chi connectivity index (χ2v) is 6.44. The van der Waals surface area contributed by atoms with Crippen LogP contribution in [0.25, 0.3) is 0 Å². The van der Waals surface area contributed by atoms with Crippen molar-refractivity contribution >= 4 is 0 Å². The molecular formula is C18H20FN3O. The van der Waals surface area contributed by atoms with Gasteiger partial charge in [0.1, 0.15) is 18.2 Å². The zero-order valence-electron chi connectivity index (χ0n) is 12.9. The van der Waals surface area contributed by atoms with Gasteiger partial charge in [0, 0.05) is 19.3 Å². The molecule has 0 radical (unpaired) electrons. The summed E-state index contributed by atoms with van der Waals surface area (Å²) in [6.45, 7) is 2.85. The second-order valence-electron chi connectivity index (χ2n) is 6.44. The summed E-state index contributed by atoms with van der Waals surface area (Å²) in [5.74, 6) is 0.429. The van der Waals surface area contributed by atoms with E-state index in [2.05, 4.69) is 14.9 Å². The van der Waals surface area contributed by atoms with Gasteiger partial charge in [0.15, 0.2) is 0 Å². The van der Waals surface area contributed by atoms with E-state index in [-0.39, 0.29) is 18.0 Å². The number of nitrogens with zero attached hydrogens (tertiary/aromatic N) is 3. The van der Waals surface area contributed by atoms with Crippen molar-refractivity contribution in [3.63, 3.8) is 0 Å². The minimum Gasteiger partial charge on any atom is -0.367 e. The maximum Gasteiger partial charge on any atom is 0.123 e. The monoisotopic (exact) mass is 313 g/mol. The molecule has 0 N–H and O–H groups in total. The Morgan fingerprint density at radius 3 is 2.87 bits per heavy atom. The van der Waals surface area contributed by atoms with E-state index in [1.165, 1.54) is 12.1 Å². The molecular weight excluding hydrogens is 293 g/mol. The summed E-state index contributed by atoms with van der Waals surface area (Å²) in [7, 11) is 0. The molecule has 0 spiro atoms. The van der Waals surface area contributed by atoms with Gasteiger partial charge in [0.25, 0.3) is 0 Å². The van der Waals surface area contributed by atoms with Gasteiger partial charge >= 0.3 is 0 Å². The number of halogens is 1. The fraction of sp³-hybridized carbons (Fsp3) is 0.444. The Balaban J connectivity index is 1.38. The molecule has 2 aliphatic heterocycles. The Morgan fingerprint density at radius 2 is 2.09 bits per heavy atom. The van der Waals surface area contributed by atoms with Crippen LogP contribution in [0.3, 0.4) is 0 Å². The molecule has 3 heterocycles. The topological polar surface area (TPSA) is 38.2 Å². The van der Waals surface area contributed by atoms with Crippen molar-refractivity contribution in [2.75, 3.05) is 13.1 Å². The molecule has 0 amide bonds. The number of hydrogen-bond donors (Lipinski definition) is 0. The van der Waals surface area contributed by atoms with E-state index in [1.54, 1.807) is 12.5 Å². The minimum atomic E-state index is -0.181. The van der Waals surface area contributed by atoms with Crippen molar-refractivity contribution in [3.8, 4) is 0 Å². The SMILES string of the molecule is Fc1ccc(CN2CC[C@@H]3C[C@@H](c4ccncn4)O[C@H]3C2)cc1. The normalized spacial score (nSPS) is 27.8. The first-order valence-corrected chi connectivity index (χ1v) is 8.16. The van der Waals surface area contributed by atoms with Gasteiger partial charge in [-0.1, -0.05) is 12.1 Å². The van der Waals surface area contributed by atoms with Crippen LogP contribution >= 0.6 is 0 Å². The minimum absolute atomic E-state index is 0.0961. The van der Waals surface area contributed by atoms with Gasteiger partial charge in [-0.2, -0.15) is 0 Å². The highest BCUT2D eigenvalue weighted by Crippen LogP contribution is 2.40. The molecule has 2 saturated heterocycles. The van der Waals surface area contributed by atoms with Crippen LogP contribution in [0.15, 0.2) is 42.9 Å². The number of likely N-dealkylation sites (tertiary alicyclic amines) is 1. The van der Waals surface area contributed by atoms with E-state index in [4.69, 9.17) is 4.74 Å². The summed E-state index contributed by atoms with van der Waals surface area (Å²) in [6.07, 6.45) is 5.91. The molecule has 23 heavy (non-hydrogen) atoms. The van der Waals surface area contributed by atoms with Gasteiger partial charge in [-0.05, 0) is 49.1 Å². The van der Waals surface area contributed by atoms with Crippen molar-refractivity contribution in [2.24, 2.45) is 5.92 Å². The fourth-order valence-electron chi connectivity index (χ4n) is 3.67. The van der Waals surface area contributed by atoms with Gasteiger partial charge in [-0.25, -0.2) is 14.4 Å². The lowest BCUT2D eigenvalue weighted by Crippen LogP contribution is -2.41. The highest BCUT2D eigenvalue weighted by molar-refractivity contribution is 5.16. The molecule has 4 nitrogen and oxygen atoms in total. The van der Waals surface area contributed by atoms with Gasteiger partial charge in [0.05, 0.1) is 11.8 Å². The highest BCUT2D eigenvalue weighted by Gasteiger charge is 2.39. The third kappa shape index (κ3) is 3.26. The molecule has 120 valence electrons. The average molecular weight is 313 g/mol. The quantitative estimate of drug-likeness (QED) is 0.873. The van der Waals surface area contributed by atoms with Crippen molar-refractivity contribution in [3.05, 3.63) is 59.9 Å². The van der Waals surface area contributed by atoms with E-state index in [1.807, 2.05) is 18.2 Å². The molecule has 2 aliphatic rings. The summed E-state index contributed by atoms with van der Waals surface area (Å²) in [5.41, 5.74) is 2.13. The summed E-state index contributed by atoms with van der Waals surface area (Å²) >= 11 is 0. The highest BCUT2D eigenvalue weighted by atomic mass is 19.1. The number of aromatic nitrogens is 2. The number of hydrogen-bond acceptors (Lipinski definition) is 4. The second kappa shape index (κ2) is 6.34. The lowest BCUT2D eigenvalue weighted by Gasteiger charge is -2.34. The van der Waals surface area contributed by atoms with Crippen LogP contribution in [-0.2, 0) is 11.3 Å². The fourth-order valence-corrected chi connectivity index (χ4v) is 3.67. The zero-order chi connectivity index (χ0) is 15.6. The van der Waals surface area contributed by atoms with Crippen LogP contribution < -0.4 is 0 Å². The number of benzene rings is 1. The van der Waals surface area contributed by atoms with Crippen LogP contribution in [0.4, 0.5) is 4.39 Å². The van der Waals surface area contributed by atoms with Crippen LogP contribution in [0.1, 0.15) is 30.2 Å². The van der Waals surface area contributed by atoms with Crippen LogP contribution in [0.5, 0.6) is 0 Å². The zero-order valence-corrected chi connectivity index (χ0v) is 12.9. The van der Waals surface area contributed by atoms with Gasteiger partial charge in [-0.15, -0.1) is 0 Å². The van der Waals surface area contributed by atoms with E-state index in [0.29, 0.717) is 5.92 Å². The number of rotatable bonds is 3. The Hall–Kier alpha value is -1.85. The molecule has 0 saturated carbocycles. The van der Waals surface area contributed by atoms with E-state index < -0.39 is 0 Å². The van der Waals surface area contributed by atoms with Crippen molar-refractivity contribution < 1.29 is 9.13 Å². The molecule has 0 bridgehead atoms. The Kier molecular flexibility index (Phi) is 4.06. The van der Waals surface area contributed by atoms with Gasteiger partial charge < -0.3 is 4.74 Å². The third-order valence-corrected chi connectivity index (χ3v) is 4.89. The molecule has 1 aromatic carbocycles. The summed E-state index contributed by atoms with van der Waals surface area (Å²) in [5, 5.41) is 0. The summed E-state index contributed by atoms with van der Waals surface area (Å²) < 4.78 is 19.2. The number of piperidine rings is 1. The molecule has 5 heteroatoms. The molecule has 2 fully saturated rings. The van der Waals surface area contributed by atoms with Crippen molar-refractivity contribution in [1.82, 2.24) is 14.9 Å². The largest absolute Gasteiger partial charge is 0.367 e. The first-order valence-electron chi connectivity index (χ1n) is 8.16. The van der Waals surface area contributed by atoms with E-state index in [9.17, 15) is 4.39 Å². The van der Waals surface area contributed by atoms with E-state index >= 15 is 0 Å². The van der Waals surface area contributed by atoms with Crippen LogP contribution in [-0.4, -0.2) is 34.1 Å². The molecule has 1 aromatic heterocycles. The standard InChI is InChI=1S/C18H20FN3O/c19-15-3-1-13(2-4-15)10-22-8-6-14-9-17(23-18(14)11-22)16-5-7-20-12-21-16/h1-5,7,12,14,17-18H,6,8-11H2/t14-,17+,18+/m1/s1. The first kappa shape index (κ1) is 14.7. The molecule has 3 atom stereocenters. The number of fused-ring (bicyclic) bond motifs is 1. The van der Waals surface area contributed by atoms with Gasteiger partial charge in [0.2, 0.25) is 0 Å². The Labute approximate surface area is 135 Å². The maximum atomic E-state index is 13.0. The molecule has 0 unspecified atom stereocenters. The maximum absolute atomic E-state index is 13.0. The van der Waals surface area contributed by atoms with Crippen LogP contribution in [0, 0.1) is 11.7 Å². The molecule has 0 aliphatic carbocycles. The molecule has 2 aromatic rings. The third-order valence-electron chi connectivity index (χ3n) is 4.89. The molecule has 4 rings (SSSR count). The van der Waals surface area contributed by atoms with E-state index in [0.717, 1.165) is 43.7 Å². The number of ether oxygens (including phenoxy) is 1.